The Labute approximate surface area is 168 Å². The number of carbonyl (C=O) groups excluding carboxylic acids is 1. The van der Waals surface area contributed by atoms with Gasteiger partial charge in [-0.3, -0.25) is 15.2 Å². The molecule has 2 atom stereocenters. The predicted octanol–water partition coefficient (Wildman–Crippen LogP) is 2.36. The van der Waals surface area contributed by atoms with Gasteiger partial charge in [-0.15, -0.1) is 0 Å². The summed E-state index contributed by atoms with van der Waals surface area (Å²) in [6, 6.07) is 2.09. The van der Waals surface area contributed by atoms with Crippen molar-refractivity contribution in [2.75, 3.05) is 11.9 Å². The van der Waals surface area contributed by atoms with Crippen molar-refractivity contribution in [3.05, 3.63) is 35.2 Å². The molecule has 9 heteroatoms. The zero-order valence-electron chi connectivity index (χ0n) is 16.4. The summed E-state index contributed by atoms with van der Waals surface area (Å²) in [5, 5.41) is 22.6. The third-order valence-electron chi connectivity index (χ3n) is 5.59. The van der Waals surface area contributed by atoms with Crippen molar-refractivity contribution in [3.63, 3.8) is 0 Å². The SMILES string of the molecule is Cc1cc(F)c2c(c1)OCC(NC(O)c1n[nH]c(CCC3CCCC3)n1)C(=O)N2. The van der Waals surface area contributed by atoms with Gasteiger partial charge in [-0.2, -0.15) is 5.10 Å². The molecule has 29 heavy (non-hydrogen) atoms. The van der Waals surface area contributed by atoms with E-state index < -0.39 is 24.0 Å². The second-order valence-corrected chi connectivity index (χ2v) is 7.87. The third-order valence-corrected chi connectivity index (χ3v) is 5.59. The van der Waals surface area contributed by atoms with Crippen molar-refractivity contribution < 1.29 is 19.0 Å². The number of H-pyrrole nitrogens is 1. The molecular weight excluding hydrogens is 377 g/mol. The Balaban J connectivity index is 1.36. The van der Waals surface area contributed by atoms with Gasteiger partial charge >= 0.3 is 0 Å². The van der Waals surface area contributed by atoms with E-state index in [1.165, 1.54) is 31.7 Å². The lowest BCUT2D eigenvalue weighted by molar-refractivity contribution is -0.119. The molecule has 156 valence electrons. The second kappa shape index (κ2) is 8.46. The Morgan fingerprint density at radius 2 is 2.17 bits per heavy atom. The fourth-order valence-corrected chi connectivity index (χ4v) is 3.98. The smallest absolute Gasteiger partial charge is 0.245 e. The zero-order valence-corrected chi connectivity index (χ0v) is 16.4. The number of aromatic nitrogens is 3. The molecule has 0 radical (unpaired) electrons. The van der Waals surface area contributed by atoms with Gasteiger partial charge in [0.05, 0.1) is 0 Å². The minimum absolute atomic E-state index is 0.00600. The van der Waals surface area contributed by atoms with Crippen LogP contribution >= 0.6 is 0 Å². The molecule has 2 aromatic rings. The van der Waals surface area contributed by atoms with Crippen LogP contribution in [0.4, 0.5) is 10.1 Å². The largest absolute Gasteiger partial charge is 0.489 e. The van der Waals surface area contributed by atoms with Crippen LogP contribution in [-0.4, -0.2) is 38.8 Å². The molecule has 1 amide bonds. The van der Waals surface area contributed by atoms with Gasteiger partial charge in [0.2, 0.25) is 5.91 Å². The number of aromatic amines is 1. The Morgan fingerprint density at radius 1 is 1.38 bits per heavy atom. The molecule has 1 saturated carbocycles. The summed E-state index contributed by atoms with van der Waals surface area (Å²) >= 11 is 0. The highest BCUT2D eigenvalue weighted by molar-refractivity contribution is 5.97. The van der Waals surface area contributed by atoms with Crippen molar-refractivity contribution in [2.24, 2.45) is 5.92 Å². The van der Waals surface area contributed by atoms with Gasteiger partial charge in [0, 0.05) is 6.42 Å². The number of aryl methyl sites for hydroxylation is 2. The zero-order chi connectivity index (χ0) is 20.4. The number of nitrogens with zero attached hydrogens (tertiary/aromatic N) is 2. The number of carbonyl (C=O) groups is 1. The van der Waals surface area contributed by atoms with Crippen LogP contribution in [0.2, 0.25) is 0 Å². The molecule has 1 aromatic carbocycles. The number of hydrogen-bond acceptors (Lipinski definition) is 6. The lowest BCUT2D eigenvalue weighted by Crippen LogP contribution is -2.45. The number of amides is 1. The Bertz CT molecular complexity index is 881. The molecule has 4 rings (SSSR count). The number of anilines is 1. The predicted molar refractivity (Wildman–Crippen MR) is 104 cm³/mol. The normalized spacial score (nSPS) is 20.7. The number of aliphatic hydroxyl groups excluding tert-OH is 1. The average Bonchev–Trinajstić information content (AvgIpc) is 3.34. The van der Waals surface area contributed by atoms with Crippen LogP contribution < -0.4 is 15.4 Å². The van der Waals surface area contributed by atoms with Gasteiger partial charge < -0.3 is 15.2 Å². The maximum atomic E-state index is 14.1. The lowest BCUT2D eigenvalue weighted by atomic mass is 10.0. The van der Waals surface area contributed by atoms with Gasteiger partial charge in [0.1, 0.15) is 29.9 Å². The number of ether oxygens (including phenoxy) is 1. The molecule has 2 heterocycles. The summed E-state index contributed by atoms with van der Waals surface area (Å²) in [5.41, 5.74) is 0.694. The third kappa shape index (κ3) is 4.56. The standard InChI is InChI=1S/C20H26FN5O3/c1-11-8-13(21)17-15(9-11)29-10-14(19(27)24-17)22-20(28)18-23-16(25-26-18)7-6-12-4-2-3-5-12/h8-9,12,14,20,22,28H,2-7,10H2,1H3,(H,24,27)(H,23,25,26). The average molecular weight is 403 g/mol. The molecular formula is C20H26FN5O3. The first-order valence-electron chi connectivity index (χ1n) is 10.1. The molecule has 1 aromatic heterocycles. The monoisotopic (exact) mass is 403 g/mol. The van der Waals surface area contributed by atoms with E-state index in [2.05, 4.69) is 25.8 Å². The summed E-state index contributed by atoms with van der Waals surface area (Å²) in [4.78, 5) is 16.8. The Hall–Kier alpha value is -2.52. The maximum Gasteiger partial charge on any atom is 0.245 e. The van der Waals surface area contributed by atoms with Crippen LogP contribution in [0.3, 0.4) is 0 Å². The quantitative estimate of drug-likeness (QED) is 0.551. The summed E-state index contributed by atoms with van der Waals surface area (Å²) < 4.78 is 19.7. The fourth-order valence-electron chi connectivity index (χ4n) is 3.98. The first kappa shape index (κ1) is 19.8. The molecule has 8 nitrogen and oxygen atoms in total. The van der Waals surface area contributed by atoms with Crippen LogP contribution in [0.1, 0.15) is 55.5 Å². The van der Waals surface area contributed by atoms with Crippen LogP contribution in [0, 0.1) is 18.7 Å². The first-order chi connectivity index (χ1) is 14.0. The summed E-state index contributed by atoms with van der Waals surface area (Å²) in [6.07, 6.45) is 5.72. The lowest BCUT2D eigenvalue weighted by Gasteiger charge is -2.17. The summed E-state index contributed by atoms with van der Waals surface area (Å²) in [7, 11) is 0. The van der Waals surface area contributed by atoms with E-state index in [1.807, 2.05) is 0 Å². The number of rotatable bonds is 6. The molecule has 1 fully saturated rings. The van der Waals surface area contributed by atoms with E-state index >= 15 is 0 Å². The van der Waals surface area contributed by atoms with Gasteiger partial charge in [0.25, 0.3) is 0 Å². The number of halogens is 1. The van der Waals surface area contributed by atoms with Gasteiger partial charge in [-0.05, 0) is 37.0 Å². The number of fused-ring (bicyclic) bond motifs is 1. The van der Waals surface area contributed by atoms with E-state index in [9.17, 15) is 14.3 Å². The van der Waals surface area contributed by atoms with Gasteiger partial charge in [-0.25, -0.2) is 9.37 Å². The Kier molecular flexibility index (Phi) is 5.77. The van der Waals surface area contributed by atoms with E-state index in [0.717, 1.165) is 24.6 Å². The highest BCUT2D eigenvalue weighted by Gasteiger charge is 2.29. The second-order valence-electron chi connectivity index (χ2n) is 7.87. The fraction of sp³-hybridized carbons (Fsp3) is 0.550. The van der Waals surface area contributed by atoms with Gasteiger partial charge in [-0.1, -0.05) is 25.7 Å². The number of aliphatic hydroxyl groups is 1. The van der Waals surface area contributed by atoms with Crippen LogP contribution in [0.25, 0.3) is 0 Å². The Morgan fingerprint density at radius 3 is 2.97 bits per heavy atom. The first-order valence-corrected chi connectivity index (χ1v) is 10.1. The van der Waals surface area contributed by atoms with Crippen LogP contribution in [0.15, 0.2) is 12.1 Å². The topological polar surface area (TPSA) is 112 Å². The van der Waals surface area contributed by atoms with Crippen molar-refractivity contribution >= 4 is 11.6 Å². The molecule has 2 unspecified atom stereocenters. The highest BCUT2D eigenvalue weighted by atomic mass is 19.1. The van der Waals surface area contributed by atoms with Crippen molar-refractivity contribution in [1.82, 2.24) is 20.5 Å². The van der Waals surface area contributed by atoms with E-state index in [1.54, 1.807) is 13.0 Å². The van der Waals surface area contributed by atoms with E-state index in [0.29, 0.717) is 5.56 Å². The molecule has 1 aliphatic heterocycles. The molecule has 4 N–H and O–H groups in total. The van der Waals surface area contributed by atoms with Crippen LogP contribution in [-0.2, 0) is 11.2 Å². The minimum atomic E-state index is -1.25. The van der Waals surface area contributed by atoms with Gasteiger partial charge in [0.15, 0.2) is 17.9 Å². The van der Waals surface area contributed by atoms with E-state index in [4.69, 9.17) is 4.74 Å². The molecule has 0 saturated heterocycles. The van der Waals surface area contributed by atoms with Crippen molar-refractivity contribution in [2.45, 2.75) is 57.7 Å². The van der Waals surface area contributed by atoms with Crippen molar-refractivity contribution in [1.29, 1.82) is 0 Å². The maximum absolute atomic E-state index is 14.1. The summed E-state index contributed by atoms with van der Waals surface area (Å²) in [5.74, 6) is 0.839. The molecule has 0 bridgehead atoms. The van der Waals surface area contributed by atoms with Crippen molar-refractivity contribution in [3.8, 4) is 5.75 Å². The number of hydrogen-bond donors (Lipinski definition) is 4. The molecule has 0 spiro atoms. The molecule has 1 aliphatic carbocycles. The van der Waals surface area contributed by atoms with E-state index in [-0.39, 0.29) is 23.9 Å². The number of nitrogens with one attached hydrogen (secondary N) is 3. The minimum Gasteiger partial charge on any atom is -0.489 e. The summed E-state index contributed by atoms with van der Waals surface area (Å²) in [6.45, 7) is 1.68. The molecule has 2 aliphatic rings. The van der Waals surface area contributed by atoms with Crippen LogP contribution in [0.5, 0.6) is 5.75 Å². The highest BCUT2D eigenvalue weighted by Crippen LogP contribution is 2.31. The number of benzene rings is 1.